The van der Waals surface area contributed by atoms with Gasteiger partial charge in [-0.15, -0.1) is 0 Å². The third-order valence-electron chi connectivity index (χ3n) is 1.92. The van der Waals surface area contributed by atoms with Gasteiger partial charge in [0.25, 0.3) is 0 Å². The molecule has 1 rings (SSSR count). The molecule has 0 fully saturated rings. The van der Waals surface area contributed by atoms with Gasteiger partial charge >= 0.3 is 0 Å². The fourth-order valence-corrected chi connectivity index (χ4v) is 1.28. The summed E-state index contributed by atoms with van der Waals surface area (Å²) < 4.78 is 0. The fraction of sp³-hybridized carbons (Fsp3) is 0.636. The highest BCUT2D eigenvalue weighted by atomic mass is 15.1. The van der Waals surface area contributed by atoms with Gasteiger partial charge in [0, 0.05) is 17.6 Å². The number of hydrogen-bond acceptors (Lipinski definition) is 4. The quantitative estimate of drug-likeness (QED) is 0.801. The molecule has 4 nitrogen and oxygen atoms in total. The summed E-state index contributed by atoms with van der Waals surface area (Å²) in [7, 11) is 0. The number of nitrogens with zero attached hydrogens (tertiary/aromatic N) is 2. The zero-order chi connectivity index (χ0) is 11.5. The lowest BCUT2D eigenvalue weighted by Crippen LogP contribution is -2.27. The van der Waals surface area contributed by atoms with Gasteiger partial charge in [0.15, 0.2) is 0 Å². The minimum absolute atomic E-state index is 0.0165. The Labute approximate surface area is 91.5 Å². The van der Waals surface area contributed by atoms with Crippen LogP contribution in [0.15, 0.2) is 6.33 Å². The van der Waals surface area contributed by atoms with Gasteiger partial charge in [-0.3, -0.25) is 0 Å². The molecular formula is C11H20N4. The topological polar surface area (TPSA) is 49.8 Å². The Morgan fingerprint density at radius 3 is 2.33 bits per heavy atom. The van der Waals surface area contributed by atoms with E-state index in [1.165, 1.54) is 0 Å². The minimum atomic E-state index is 0.0165. The zero-order valence-corrected chi connectivity index (χ0v) is 10.2. The van der Waals surface area contributed by atoms with E-state index >= 15 is 0 Å². The first-order valence-corrected chi connectivity index (χ1v) is 5.27. The average Bonchev–Trinajstić information content (AvgIpc) is 2.10. The summed E-state index contributed by atoms with van der Waals surface area (Å²) in [6, 6.07) is 0. The maximum atomic E-state index is 4.24. The standard InChI is InChI=1S/C11H20N4/c1-6-12-9-8(2)10(14-7-13-9)15-11(3,4)5/h7H,6H2,1-5H3,(H2,12,13,14,15). The highest BCUT2D eigenvalue weighted by molar-refractivity contribution is 5.57. The average molecular weight is 208 g/mol. The lowest BCUT2D eigenvalue weighted by Gasteiger charge is -2.23. The summed E-state index contributed by atoms with van der Waals surface area (Å²) in [6.45, 7) is 11.3. The second-order valence-corrected chi connectivity index (χ2v) is 4.60. The monoisotopic (exact) mass is 208 g/mol. The minimum Gasteiger partial charge on any atom is -0.370 e. The maximum absolute atomic E-state index is 4.24. The molecule has 1 heterocycles. The molecule has 0 saturated heterocycles. The Bertz CT molecular complexity index is 328. The lowest BCUT2D eigenvalue weighted by molar-refractivity contribution is 0.629. The molecule has 0 aliphatic heterocycles. The third-order valence-corrected chi connectivity index (χ3v) is 1.92. The summed E-state index contributed by atoms with van der Waals surface area (Å²) in [4.78, 5) is 8.44. The highest BCUT2D eigenvalue weighted by Crippen LogP contribution is 2.20. The van der Waals surface area contributed by atoms with E-state index in [1.54, 1.807) is 6.33 Å². The molecule has 1 aromatic heterocycles. The smallest absolute Gasteiger partial charge is 0.134 e. The van der Waals surface area contributed by atoms with Crippen molar-refractivity contribution >= 4 is 11.6 Å². The van der Waals surface area contributed by atoms with E-state index < -0.39 is 0 Å². The van der Waals surface area contributed by atoms with E-state index in [9.17, 15) is 0 Å². The van der Waals surface area contributed by atoms with Crippen LogP contribution in [0.2, 0.25) is 0 Å². The molecule has 0 bridgehead atoms. The maximum Gasteiger partial charge on any atom is 0.134 e. The van der Waals surface area contributed by atoms with Crippen molar-refractivity contribution < 1.29 is 0 Å². The van der Waals surface area contributed by atoms with Gasteiger partial charge in [0.1, 0.15) is 18.0 Å². The molecule has 0 unspecified atom stereocenters. The molecule has 4 heteroatoms. The molecular weight excluding hydrogens is 188 g/mol. The van der Waals surface area contributed by atoms with E-state index in [0.29, 0.717) is 0 Å². The molecule has 1 aromatic rings. The van der Waals surface area contributed by atoms with Gasteiger partial charge in [-0.2, -0.15) is 0 Å². The molecule has 15 heavy (non-hydrogen) atoms. The van der Waals surface area contributed by atoms with Crippen LogP contribution in [-0.4, -0.2) is 22.1 Å². The van der Waals surface area contributed by atoms with Gasteiger partial charge in [0.05, 0.1) is 0 Å². The highest BCUT2D eigenvalue weighted by Gasteiger charge is 2.13. The second-order valence-electron chi connectivity index (χ2n) is 4.60. The van der Waals surface area contributed by atoms with Gasteiger partial charge < -0.3 is 10.6 Å². The second kappa shape index (κ2) is 4.47. The molecule has 0 saturated carbocycles. The molecule has 0 spiro atoms. The van der Waals surface area contributed by atoms with Crippen LogP contribution in [-0.2, 0) is 0 Å². The van der Waals surface area contributed by atoms with Gasteiger partial charge in [-0.1, -0.05) is 0 Å². The summed E-state index contributed by atoms with van der Waals surface area (Å²) >= 11 is 0. The number of anilines is 2. The molecule has 84 valence electrons. The lowest BCUT2D eigenvalue weighted by atomic mass is 10.1. The van der Waals surface area contributed by atoms with Crippen molar-refractivity contribution in [2.45, 2.75) is 40.2 Å². The van der Waals surface area contributed by atoms with Crippen molar-refractivity contribution in [1.29, 1.82) is 0 Å². The zero-order valence-electron chi connectivity index (χ0n) is 10.2. The first-order chi connectivity index (χ1) is 6.94. The molecule has 0 atom stereocenters. The molecule has 2 N–H and O–H groups in total. The van der Waals surface area contributed by atoms with Crippen LogP contribution in [0.3, 0.4) is 0 Å². The predicted molar refractivity (Wildman–Crippen MR) is 64.3 cm³/mol. The van der Waals surface area contributed by atoms with Crippen molar-refractivity contribution in [3.8, 4) is 0 Å². The largest absolute Gasteiger partial charge is 0.370 e. The number of hydrogen-bond donors (Lipinski definition) is 2. The number of nitrogens with one attached hydrogen (secondary N) is 2. The fourth-order valence-electron chi connectivity index (χ4n) is 1.28. The van der Waals surface area contributed by atoms with Gasteiger partial charge in [0.2, 0.25) is 0 Å². The van der Waals surface area contributed by atoms with Crippen molar-refractivity contribution in [2.75, 3.05) is 17.2 Å². The van der Waals surface area contributed by atoms with Crippen LogP contribution in [0.5, 0.6) is 0 Å². The van der Waals surface area contributed by atoms with Crippen LogP contribution >= 0.6 is 0 Å². The normalized spacial score (nSPS) is 11.3. The Morgan fingerprint density at radius 1 is 1.20 bits per heavy atom. The van der Waals surface area contributed by atoms with E-state index in [-0.39, 0.29) is 5.54 Å². The van der Waals surface area contributed by atoms with E-state index in [4.69, 9.17) is 0 Å². The van der Waals surface area contributed by atoms with Gasteiger partial charge in [-0.25, -0.2) is 9.97 Å². The van der Waals surface area contributed by atoms with E-state index in [0.717, 1.165) is 23.7 Å². The van der Waals surface area contributed by atoms with Crippen LogP contribution in [0.25, 0.3) is 0 Å². The molecule has 0 radical (unpaired) electrons. The molecule has 0 aliphatic rings. The van der Waals surface area contributed by atoms with Crippen LogP contribution in [0.4, 0.5) is 11.6 Å². The van der Waals surface area contributed by atoms with E-state index in [2.05, 4.69) is 48.3 Å². The summed E-state index contributed by atoms with van der Waals surface area (Å²) in [5.74, 6) is 1.80. The molecule has 0 aromatic carbocycles. The van der Waals surface area contributed by atoms with Crippen LogP contribution in [0, 0.1) is 6.92 Å². The summed E-state index contributed by atoms with van der Waals surface area (Å²) in [5, 5.41) is 6.57. The Hall–Kier alpha value is -1.32. The molecule has 0 aliphatic carbocycles. The Kier molecular flexibility index (Phi) is 3.50. The van der Waals surface area contributed by atoms with Crippen molar-refractivity contribution in [1.82, 2.24) is 9.97 Å². The first kappa shape index (κ1) is 11.8. The first-order valence-electron chi connectivity index (χ1n) is 5.27. The van der Waals surface area contributed by atoms with Crippen molar-refractivity contribution in [2.24, 2.45) is 0 Å². The predicted octanol–water partition coefficient (Wildman–Crippen LogP) is 2.43. The van der Waals surface area contributed by atoms with Crippen molar-refractivity contribution in [3.63, 3.8) is 0 Å². The van der Waals surface area contributed by atoms with Crippen LogP contribution < -0.4 is 10.6 Å². The van der Waals surface area contributed by atoms with Gasteiger partial charge in [-0.05, 0) is 34.6 Å². The van der Waals surface area contributed by atoms with E-state index in [1.807, 2.05) is 6.92 Å². The Morgan fingerprint density at radius 2 is 1.80 bits per heavy atom. The third kappa shape index (κ3) is 3.38. The Balaban J connectivity index is 2.94. The number of aromatic nitrogens is 2. The molecule has 0 amide bonds. The van der Waals surface area contributed by atoms with Crippen LogP contribution in [0.1, 0.15) is 33.3 Å². The summed E-state index contributed by atoms with van der Waals surface area (Å²) in [6.07, 6.45) is 1.58. The van der Waals surface area contributed by atoms with Crippen molar-refractivity contribution in [3.05, 3.63) is 11.9 Å². The number of rotatable bonds is 3. The SMILES string of the molecule is CCNc1ncnc(NC(C)(C)C)c1C. The summed E-state index contributed by atoms with van der Waals surface area (Å²) in [5.41, 5.74) is 1.08.